The second-order valence-electron chi connectivity index (χ2n) is 6.61. The van der Waals surface area contributed by atoms with E-state index in [0.29, 0.717) is 17.9 Å². The highest BCUT2D eigenvalue weighted by Crippen LogP contribution is 2.27. The first-order valence-electron chi connectivity index (χ1n) is 8.62. The van der Waals surface area contributed by atoms with Gasteiger partial charge in [-0.05, 0) is 49.1 Å². The molecule has 1 aromatic carbocycles. The van der Waals surface area contributed by atoms with E-state index in [1.807, 2.05) is 29.1 Å². The molecule has 0 saturated heterocycles. The number of benzene rings is 1. The zero-order valence-electron chi connectivity index (χ0n) is 14.1. The van der Waals surface area contributed by atoms with Gasteiger partial charge in [0.2, 0.25) is 0 Å². The fourth-order valence-electron chi connectivity index (χ4n) is 3.46. The topological polar surface area (TPSA) is 97.9 Å². The molecule has 0 spiro atoms. The van der Waals surface area contributed by atoms with Crippen LogP contribution in [0.1, 0.15) is 23.2 Å². The van der Waals surface area contributed by atoms with E-state index in [1.54, 1.807) is 35.4 Å². The van der Waals surface area contributed by atoms with E-state index >= 15 is 0 Å². The van der Waals surface area contributed by atoms with Crippen LogP contribution in [0.4, 0.5) is 0 Å². The molecular formula is C18H20N6O2. The molecule has 2 heterocycles. The van der Waals surface area contributed by atoms with Gasteiger partial charge >= 0.3 is 0 Å². The number of hydrogen-bond donors (Lipinski definition) is 2. The smallest absolute Gasteiger partial charge is 0.251 e. The summed E-state index contributed by atoms with van der Waals surface area (Å²) in [5, 5.41) is 25.1. The summed E-state index contributed by atoms with van der Waals surface area (Å²) in [6.45, 7) is 0.753. The molecule has 4 rings (SSSR count). The third-order valence-electron chi connectivity index (χ3n) is 4.76. The molecule has 1 fully saturated rings. The quantitative estimate of drug-likeness (QED) is 0.715. The second kappa shape index (κ2) is 7.09. The Balaban J connectivity index is 1.37. The molecule has 0 bridgehead atoms. The summed E-state index contributed by atoms with van der Waals surface area (Å²) >= 11 is 0. The molecule has 3 atom stereocenters. The number of amides is 1. The first-order chi connectivity index (χ1) is 12.7. The third-order valence-corrected chi connectivity index (χ3v) is 4.76. The summed E-state index contributed by atoms with van der Waals surface area (Å²) in [6, 6.07) is 8.76. The van der Waals surface area contributed by atoms with Crippen molar-refractivity contribution in [1.29, 1.82) is 0 Å². The number of carbonyl (C=O) groups excluding carboxylic acids is 1. The van der Waals surface area contributed by atoms with Crippen molar-refractivity contribution in [2.75, 3.05) is 0 Å². The maximum Gasteiger partial charge on any atom is 0.251 e. The molecule has 26 heavy (non-hydrogen) atoms. The molecule has 1 saturated carbocycles. The molecule has 134 valence electrons. The molecule has 8 nitrogen and oxygen atoms in total. The largest absolute Gasteiger partial charge is 0.391 e. The number of rotatable bonds is 5. The van der Waals surface area contributed by atoms with E-state index in [0.717, 1.165) is 18.7 Å². The summed E-state index contributed by atoms with van der Waals surface area (Å²) in [5.41, 5.74) is 1.39. The minimum atomic E-state index is -0.533. The van der Waals surface area contributed by atoms with Crippen LogP contribution in [0, 0.1) is 5.92 Å². The van der Waals surface area contributed by atoms with Gasteiger partial charge < -0.3 is 10.4 Å². The maximum absolute atomic E-state index is 12.5. The Kier molecular flexibility index (Phi) is 4.49. The lowest BCUT2D eigenvalue weighted by Crippen LogP contribution is -2.39. The van der Waals surface area contributed by atoms with Gasteiger partial charge in [0.1, 0.15) is 0 Å². The Bertz CT molecular complexity index is 844. The first kappa shape index (κ1) is 16.5. The molecule has 1 amide bonds. The lowest BCUT2D eigenvalue weighted by atomic mass is 10.1. The predicted octanol–water partition coefficient (Wildman–Crippen LogP) is 1.03. The predicted molar refractivity (Wildman–Crippen MR) is 93.6 cm³/mol. The molecule has 8 heteroatoms. The van der Waals surface area contributed by atoms with Gasteiger partial charge in [-0.15, -0.1) is 5.10 Å². The minimum absolute atomic E-state index is 0.182. The number of aliphatic hydroxyl groups is 1. The van der Waals surface area contributed by atoms with E-state index < -0.39 is 6.10 Å². The fourth-order valence-corrected chi connectivity index (χ4v) is 3.46. The average molecular weight is 352 g/mol. The number of aliphatic hydroxyl groups excluding tert-OH is 1. The summed E-state index contributed by atoms with van der Waals surface area (Å²) in [7, 11) is 0. The van der Waals surface area contributed by atoms with Crippen molar-refractivity contribution >= 4 is 5.91 Å². The maximum atomic E-state index is 12.5. The zero-order chi connectivity index (χ0) is 17.9. The van der Waals surface area contributed by atoms with Crippen LogP contribution in [0.15, 0.2) is 55.1 Å². The van der Waals surface area contributed by atoms with Gasteiger partial charge in [0, 0.05) is 24.5 Å². The van der Waals surface area contributed by atoms with Gasteiger partial charge in [0.25, 0.3) is 5.91 Å². The lowest BCUT2D eigenvalue weighted by Gasteiger charge is -2.16. The van der Waals surface area contributed by atoms with Crippen molar-refractivity contribution in [1.82, 2.24) is 30.1 Å². The zero-order valence-corrected chi connectivity index (χ0v) is 14.1. The fraction of sp³-hybridized carbons (Fsp3) is 0.333. The summed E-state index contributed by atoms with van der Waals surface area (Å²) in [5.74, 6) is 0.115. The summed E-state index contributed by atoms with van der Waals surface area (Å²) in [4.78, 5) is 12.5. The Morgan fingerprint density at radius 1 is 1.19 bits per heavy atom. The molecule has 1 unspecified atom stereocenters. The SMILES string of the molecule is O=C(N[C@@H]1CC(Cn2cccn2)C[C@H]1O)c1ccc(-n2ccnn2)cc1. The Morgan fingerprint density at radius 2 is 2.04 bits per heavy atom. The summed E-state index contributed by atoms with van der Waals surface area (Å²) < 4.78 is 3.49. The Labute approximate surface area is 150 Å². The van der Waals surface area contributed by atoms with Crippen LogP contribution in [-0.4, -0.2) is 47.9 Å². The highest BCUT2D eigenvalue weighted by atomic mass is 16.3. The third kappa shape index (κ3) is 3.50. The van der Waals surface area contributed by atoms with E-state index in [-0.39, 0.29) is 11.9 Å². The summed E-state index contributed by atoms with van der Waals surface area (Å²) in [6.07, 6.45) is 7.86. The van der Waals surface area contributed by atoms with Crippen LogP contribution in [0.3, 0.4) is 0 Å². The van der Waals surface area contributed by atoms with E-state index in [4.69, 9.17) is 0 Å². The molecular weight excluding hydrogens is 332 g/mol. The van der Waals surface area contributed by atoms with Crippen molar-refractivity contribution < 1.29 is 9.90 Å². The highest BCUT2D eigenvalue weighted by molar-refractivity contribution is 5.94. The van der Waals surface area contributed by atoms with Crippen LogP contribution in [0.5, 0.6) is 0 Å². The second-order valence-corrected chi connectivity index (χ2v) is 6.61. The molecule has 0 radical (unpaired) electrons. The van der Waals surface area contributed by atoms with E-state index in [2.05, 4.69) is 20.7 Å². The van der Waals surface area contributed by atoms with Crippen molar-refractivity contribution in [2.45, 2.75) is 31.5 Å². The van der Waals surface area contributed by atoms with Crippen LogP contribution in [0.25, 0.3) is 5.69 Å². The number of nitrogens with one attached hydrogen (secondary N) is 1. The Morgan fingerprint density at radius 3 is 2.73 bits per heavy atom. The molecule has 3 aromatic rings. The number of carbonyl (C=O) groups is 1. The van der Waals surface area contributed by atoms with Crippen molar-refractivity contribution in [3.05, 3.63) is 60.7 Å². The van der Waals surface area contributed by atoms with E-state index in [1.165, 1.54) is 0 Å². The van der Waals surface area contributed by atoms with Crippen molar-refractivity contribution in [2.24, 2.45) is 5.92 Å². The molecule has 2 aromatic heterocycles. The van der Waals surface area contributed by atoms with E-state index in [9.17, 15) is 9.90 Å². The van der Waals surface area contributed by atoms with Gasteiger partial charge in [0.15, 0.2) is 0 Å². The van der Waals surface area contributed by atoms with Crippen LogP contribution < -0.4 is 5.32 Å². The first-order valence-corrected chi connectivity index (χ1v) is 8.62. The minimum Gasteiger partial charge on any atom is -0.391 e. The lowest BCUT2D eigenvalue weighted by molar-refractivity contribution is 0.0873. The standard InChI is InChI=1S/C18H20N6O2/c25-17-11-13(12-23-8-1-6-20-23)10-16(17)21-18(26)14-2-4-15(5-3-14)24-9-7-19-22-24/h1-9,13,16-17,25H,10-12H2,(H,21,26)/t13?,16-,17-/m1/s1. The van der Waals surface area contributed by atoms with Crippen LogP contribution >= 0.6 is 0 Å². The molecule has 1 aliphatic rings. The molecule has 0 aliphatic heterocycles. The van der Waals surface area contributed by atoms with Gasteiger partial charge in [0.05, 0.1) is 30.2 Å². The highest BCUT2D eigenvalue weighted by Gasteiger charge is 2.34. The molecule has 2 N–H and O–H groups in total. The monoisotopic (exact) mass is 352 g/mol. The van der Waals surface area contributed by atoms with Gasteiger partial charge in [-0.25, -0.2) is 4.68 Å². The average Bonchev–Trinajstić information content (AvgIpc) is 3.39. The normalized spacial score (nSPS) is 22.4. The van der Waals surface area contributed by atoms with Gasteiger partial charge in [-0.1, -0.05) is 5.21 Å². The number of nitrogens with zero attached hydrogens (tertiary/aromatic N) is 5. The van der Waals surface area contributed by atoms with Crippen LogP contribution in [-0.2, 0) is 6.54 Å². The Hall–Kier alpha value is -3.00. The van der Waals surface area contributed by atoms with Crippen molar-refractivity contribution in [3.8, 4) is 5.69 Å². The number of aromatic nitrogens is 5. The molecule has 1 aliphatic carbocycles. The van der Waals surface area contributed by atoms with Gasteiger partial charge in [-0.2, -0.15) is 5.10 Å². The van der Waals surface area contributed by atoms with Crippen LogP contribution in [0.2, 0.25) is 0 Å². The number of hydrogen-bond acceptors (Lipinski definition) is 5. The van der Waals surface area contributed by atoms with Crippen molar-refractivity contribution in [3.63, 3.8) is 0 Å². The van der Waals surface area contributed by atoms with Gasteiger partial charge in [-0.3, -0.25) is 9.48 Å².